The first-order valence-corrected chi connectivity index (χ1v) is 4.49. The molecule has 0 aliphatic carbocycles. The molecule has 0 saturated heterocycles. The van der Waals surface area contributed by atoms with Gasteiger partial charge in [0, 0.05) is 0 Å². The van der Waals surface area contributed by atoms with Crippen LogP contribution in [-0.2, 0) is 22.1 Å². The number of carbonyl (C=O) groups excluding carboxylic acids is 1. The SMILES string of the molecule is CCOC(=O)Cc1ccc(C(F)(F)F)nn1. The number of carbonyl (C=O) groups is 1. The predicted octanol–water partition coefficient (Wildman–Crippen LogP) is 1.60. The number of nitrogens with zero attached hydrogens (tertiary/aromatic N) is 2. The van der Waals surface area contributed by atoms with Gasteiger partial charge in [-0.1, -0.05) is 0 Å². The first-order valence-electron chi connectivity index (χ1n) is 4.49. The molecule has 0 amide bonds. The van der Waals surface area contributed by atoms with Gasteiger partial charge in [-0.2, -0.15) is 18.3 Å². The van der Waals surface area contributed by atoms with E-state index in [-0.39, 0.29) is 18.7 Å². The highest BCUT2D eigenvalue weighted by molar-refractivity contribution is 5.71. The summed E-state index contributed by atoms with van der Waals surface area (Å²) in [6.07, 6.45) is -4.70. The Bertz CT molecular complexity index is 362. The molecule has 4 nitrogen and oxygen atoms in total. The van der Waals surface area contributed by atoms with Gasteiger partial charge in [0.15, 0.2) is 5.69 Å². The Labute approximate surface area is 89.4 Å². The van der Waals surface area contributed by atoms with E-state index < -0.39 is 17.8 Å². The second-order valence-electron chi connectivity index (χ2n) is 2.89. The summed E-state index contributed by atoms with van der Waals surface area (Å²) in [4.78, 5) is 11.0. The van der Waals surface area contributed by atoms with Gasteiger partial charge < -0.3 is 4.74 Å². The lowest BCUT2D eigenvalue weighted by Gasteiger charge is -2.05. The first kappa shape index (κ1) is 12.4. The fourth-order valence-electron chi connectivity index (χ4n) is 0.965. The Balaban J connectivity index is 2.69. The first-order chi connectivity index (χ1) is 7.43. The Kier molecular flexibility index (Phi) is 3.81. The maximum absolute atomic E-state index is 12.1. The van der Waals surface area contributed by atoms with Crippen LogP contribution in [0.15, 0.2) is 12.1 Å². The zero-order valence-corrected chi connectivity index (χ0v) is 8.41. The van der Waals surface area contributed by atoms with Gasteiger partial charge in [0.1, 0.15) is 0 Å². The van der Waals surface area contributed by atoms with Crippen LogP contribution >= 0.6 is 0 Å². The summed E-state index contributed by atoms with van der Waals surface area (Å²) in [6, 6.07) is 1.88. The molecule has 1 aromatic heterocycles. The zero-order chi connectivity index (χ0) is 12.2. The van der Waals surface area contributed by atoms with E-state index in [9.17, 15) is 18.0 Å². The molecule has 0 unspecified atom stereocenters. The van der Waals surface area contributed by atoms with Crippen LogP contribution in [0.25, 0.3) is 0 Å². The highest BCUT2D eigenvalue weighted by Gasteiger charge is 2.32. The van der Waals surface area contributed by atoms with Crippen molar-refractivity contribution in [2.24, 2.45) is 0 Å². The number of rotatable bonds is 3. The smallest absolute Gasteiger partial charge is 0.435 e. The molecular formula is C9H9F3N2O2. The third-order valence-electron chi connectivity index (χ3n) is 1.64. The fourth-order valence-corrected chi connectivity index (χ4v) is 0.965. The molecule has 0 spiro atoms. The number of hydrogen-bond donors (Lipinski definition) is 0. The highest BCUT2D eigenvalue weighted by atomic mass is 19.4. The monoisotopic (exact) mass is 234 g/mol. The molecule has 0 saturated carbocycles. The zero-order valence-electron chi connectivity index (χ0n) is 8.41. The number of ether oxygens (including phenoxy) is 1. The molecule has 0 radical (unpaired) electrons. The van der Waals surface area contributed by atoms with Crippen molar-refractivity contribution in [3.05, 3.63) is 23.5 Å². The second kappa shape index (κ2) is 4.91. The third kappa shape index (κ3) is 3.48. The quantitative estimate of drug-likeness (QED) is 0.745. The van der Waals surface area contributed by atoms with E-state index in [4.69, 9.17) is 0 Å². The van der Waals surface area contributed by atoms with Gasteiger partial charge in [-0.3, -0.25) is 4.79 Å². The van der Waals surface area contributed by atoms with E-state index in [0.29, 0.717) is 0 Å². The molecule has 0 aliphatic heterocycles. The Morgan fingerprint density at radius 3 is 2.50 bits per heavy atom. The van der Waals surface area contributed by atoms with Gasteiger partial charge >= 0.3 is 12.1 Å². The number of alkyl halides is 3. The summed E-state index contributed by atoms with van der Waals surface area (Å²) in [6.45, 7) is 1.85. The van der Waals surface area contributed by atoms with Crippen molar-refractivity contribution in [2.45, 2.75) is 19.5 Å². The van der Waals surface area contributed by atoms with Crippen molar-refractivity contribution >= 4 is 5.97 Å². The molecule has 1 aromatic rings. The van der Waals surface area contributed by atoms with E-state index in [1.807, 2.05) is 0 Å². The summed E-state index contributed by atoms with van der Waals surface area (Å²) in [5, 5.41) is 6.28. The van der Waals surface area contributed by atoms with Crippen molar-refractivity contribution in [3.63, 3.8) is 0 Å². The van der Waals surface area contributed by atoms with E-state index in [2.05, 4.69) is 14.9 Å². The fraction of sp³-hybridized carbons (Fsp3) is 0.444. The maximum Gasteiger partial charge on any atom is 0.435 e. The standard InChI is InChI=1S/C9H9F3N2O2/c1-2-16-8(15)5-6-3-4-7(14-13-6)9(10,11)12/h3-4H,2,5H2,1H3. The molecule has 0 fully saturated rings. The lowest BCUT2D eigenvalue weighted by molar-refractivity contribution is -0.142. The number of aromatic nitrogens is 2. The predicted molar refractivity (Wildman–Crippen MR) is 47.4 cm³/mol. The molecule has 0 atom stereocenters. The molecule has 1 heterocycles. The Morgan fingerprint density at radius 2 is 2.06 bits per heavy atom. The van der Waals surface area contributed by atoms with Crippen LogP contribution < -0.4 is 0 Å². The molecule has 0 N–H and O–H groups in total. The molecule has 0 aromatic carbocycles. The van der Waals surface area contributed by atoms with E-state index in [1.54, 1.807) is 6.92 Å². The minimum Gasteiger partial charge on any atom is -0.466 e. The molecule has 0 bridgehead atoms. The highest BCUT2D eigenvalue weighted by Crippen LogP contribution is 2.26. The van der Waals surface area contributed by atoms with Gasteiger partial charge in [-0.05, 0) is 19.1 Å². The number of hydrogen-bond acceptors (Lipinski definition) is 4. The Hall–Kier alpha value is -1.66. The van der Waals surface area contributed by atoms with Crippen molar-refractivity contribution in [1.29, 1.82) is 0 Å². The van der Waals surface area contributed by atoms with E-state index in [1.165, 1.54) is 0 Å². The normalized spacial score (nSPS) is 11.2. The van der Waals surface area contributed by atoms with Gasteiger partial charge in [0.05, 0.1) is 18.7 Å². The van der Waals surface area contributed by atoms with Gasteiger partial charge in [-0.25, -0.2) is 0 Å². The third-order valence-corrected chi connectivity index (χ3v) is 1.64. The van der Waals surface area contributed by atoms with Gasteiger partial charge in [-0.15, -0.1) is 5.10 Å². The van der Waals surface area contributed by atoms with Crippen molar-refractivity contribution < 1.29 is 22.7 Å². The average molecular weight is 234 g/mol. The molecule has 0 aliphatic rings. The molecule has 88 valence electrons. The lowest BCUT2D eigenvalue weighted by atomic mass is 10.2. The van der Waals surface area contributed by atoms with E-state index in [0.717, 1.165) is 12.1 Å². The minimum atomic E-state index is -4.52. The van der Waals surface area contributed by atoms with Crippen LogP contribution in [0, 0.1) is 0 Å². The second-order valence-corrected chi connectivity index (χ2v) is 2.89. The van der Waals surface area contributed by atoms with Gasteiger partial charge in [0.2, 0.25) is 0 Å². The molecule has 1 rings (SSSR count). The molecular weight excluding hydrogens is 225 g/mol. The van der Waals surface area contributed by atoms with Crippen LogP contribution in [-0.4, -0.2) is 22.8 Å². The summed E-state index contributed by atoms with van der Waals surface area (Å²) in [5.74, 6) is -0.545. The number of halogens is 3. The van der Waals surface area contributed by atoms with Crippen molar-refractivity contribution in [1.82, 2.24) is 10.2 Å². The van der Waals surface area contributed by atoms with Crippen LogP contribution in [0.4, 0.5) is 13.2 Å². The maximum atomic E-state index is 12.1. The summed E-state index contributed by atoms with van der Waals surface area (Å²) in [7, 11) is 0. The number of esters is 1. The molecule has 7 heteroatoms. The largest absolute Gasteiger partial charge is 0.466 e. The minimum absolute atomic E-state index is 0.145. The van der Waals surface area contributed by atoms with Crippen molar-refractivity contribution in [3.8, 4) is 0 Å². The average Bonchev–Trinajstić information content (AvgIpc) is 2.17. The summed E-state index contributed by atoms with van der Waals surface area (Å²) >= 11 is 0. The van der Waals surface area contributed by atoms with E-state index >= 15 is 0 Å². The summed E-state index contributed by atoms with van der Waals surface area (Å²) < 4.78 is 40.9. The van der Waals surface area contributed by atoms with Crippen LogP contribution in [0.3, 0.4) is 0 Å². The van der Waals surface area contributed by atoms with Crippen LogP contribution in [0.2, 0.25) is 0 Å². The lowest BCUT2D eigenvalue weighted by Crippen LogP contribution is -2.12. The van der Waals surface area contributed by atoms with Crippen LogP contribution in [0.5, 0.6) is 0 Å². The Morgan fingerprint density at radius 1 is 1.38 bits per heavy atom. The molecule has 16 heavy (non-hydrogen) atoms. The van der Waals surface area contributed by atoms with Crippen molar-refractivity contribution in [2.75, 3.05) is 6.61 Å². The summed E-state index contributed by atoms with van der Waals surface area (Å²) in [5.41, 5.74) is -0.938. The van der Waals surface area contributed by atoms with Crippen LogP contribution in [0.1, 0.15) is 18.3 Å². The topological polar surface area (TPSA) is 52.1 Å². The van der Waals surface area contributed by atoms with Gasteiger partial charge in [0.25, 0.3) is 0 Å².